The summed E-state index contributed by atoms with van der Waals surface area (Å²) in [4.78, 5) is 27.9. The standard InChI is InChI=1S/C24H30N2O3/c1-3-17-29-22-16-10-8-14-20(22)23(27)25-21-15-9-7-13-19(21)24(28)26(2)18-11-5-4-6-12-18/h7-10,13-16,18H,3-6,11-12,17H2,1-2H3,(H,25,27). The molecule has 1 N–H and O–H groups in total. The van der Waals surface area contributed by atoms with Crippen molar-refractivity contribution in [1.29, 1.82) is 0 Å². The SMILES string of the molecule is CCCOc1ccccc1C(=O)Nc1ccccc1C(=O)N(C)C1CCCCC1. The normalized spacial score (nSPS) is 14.3. The first-order valence-electron chi connectivity index (χ1n) is 10.5. The van der Waals surface area contributed by atoms with E-state index in [9.17, 15) is 9.59 Å². The van der Waals surface area contributed by atoms with Gasteiger partial charge in [0.2, 0.25) is 0 Å². The number of rotatable bonds is 7. The number of anilines is 1. The van der Waals surface area contributed by atoms with Crippen LogP contribution in [0, 0.1) is 0 Å². The highest BCUT2D eigenvalue weighted by Crippen LogP contribution is 2.26. The van der Waals surface area contributed by atoms with E-state index in [1.807, 2.05) is 43.1 Å². The summed E-state index contributed by atoms with van der Waals surface area (Å²) < 4.78 is 5.70. The van der Waals surface area contributed by atoms with Gasteiger partial charge in [-0.05, 0) is 43.5 Å². The molecule has 3 rings (SSSR count). The molecule has 5 nitrogen and oxygen atoms in total. The van der Waals surface area contributed by atoms with E-state index in [4.69, 9.17) is 4.74 Å². The minimum Gasteiger partial charge on any atom is -0.493 e. The molecular formula is C24H30N2O3. The van der Waals surface area contributed by atoms with E-state index in [1.54, 1.807) is 24.3 Å². The third-order valence-electron chi connectivity index (χ3n) is 5.44. The largest absolute Gasteiger partial charge is 0.493 e. The van der Waals surface area contributed by atoms with Gasteiger partial charge in [-0.2, -0.15) is 0 Å². The van der Waals surface area contributed by atoms with Gasteiger partial charge in [0.25, 0.3) is 11.8 Å². The summed E-state index contributed by atoms with van der Waals surface area (Å²) in [6.07, 6.45) is 6.51. The van der Waals surface area contributed by atoms with Crippen LogP contribution in [0.4, 0.5) is 5.69 Å². The Morgan fingerprint density at radius 1 is 1.00 bits per heavy atom. The number of hydrogen-bond acceptors (Lipinski definition) is 3. The molecule has 0 radical (unpaired) electrons. The molecule has 1 saturated carbocycles. The lowest BCUT2D eigenvalue weighted by atomic mass is 9.94. The van der Waals surface area contributed by atoms with Gasteiger partial charge in [0.1, 0.15) is 5.75 Å². The number of carbonyl (C=O) groups is 2. The van der Waals surface area contributed by atoms with Crippen molar-refractivity contribution < 1.29 is 14.3 Å². The van der Waals surface area contributed by atoms with Crippen LogP contribution in [-0.2, 0) is 0 Å². The van der Waals surface area contributed by atoms with Crippen LogP contribution < -0.4 is 10.1 Å². The van der Waals surface area contributed by atoms with Crippen LogP contribution in [-0.4, -0.2) is 36.4 Å². The van der Waals surface area contributed by atoms with Crippen molar-refractivity contribution in [2.75, 3.05) is 19.0 Å². The fourth-order valence-electron chi connectivity index (χ4n) is 3.78. The molecule has 1 fully saturated rings. The molecule has 29 heavy (non-hydrogen) atoms. The first kappa shape index (κ1) is 20.9. The van der Waals surface area contributed by atoms with Gasteiger partial charge in [-0.3, -0.25) is 9.59 Å². The minimum absolute atomic E-state index is 0.0525. The molecule has 0 saturated heterocycles. The quantitative estimate of drug-likeness (QED) is 0.708. The Balaban J connectivity index is 1.79. The summed E-state index contributed by atoms with van der Waals surface area (Å²) in [6, 6.07) is 14.6. The van der Waals surface area contributed by atoms with Crippen molar-refractivity contribution in [3.63, 3.8) is 0 Å². The maximum atomic E-state index is 13.1. The Morgan fingerprint density at radius 3 is 2.38 bits per heavy atom. The van der Waals surface area contributed by atoms with Crippen molar-refractivity contribution in [3.05, 3.63) is 59.7 Å². The van der Waals surface area contributed by atoms with Crippen molar-refractivity contribution in [1.82, 2.24) is 4.90 Å². The summed E-state index contributed by atoms with van der Waals surface area (Å²) >= 11 is 0. The minimum atomic E-state index is -0.280. The second-order valence-electron chi connectivity index (χ2n) is 7.55. The van der Waals surface area contributed by atoms with E-state index < -0.39 is 0 Å². The molecule has 2 amide bonds. The van der Waals surface area contributed by atoms with Gasteiger partial charge in [0, 0.05) is 13.1 Å². The number of benzene rings is 2. The van der Waals surface area contributed by atoms with Gasteiger partial charge in [0.15, 0.2) is 0 Å². The number of carbonyl (C=O) groups excluding carboxylic acids is 2. The van der Waals surface area contributed by atoms with Crippen LogP contribution in [0.1, 0.15) is 66.2 Å². The summed E-state index contributed by atoms with van der Waals surface area (Å²) in [5.41, 5.74) is 1.50. The molecule has 1 aliphatic carbocycles. The van der Waals surface area contributed by atoms with Crippen molar-refractivity contribution in [3.8, 4) is 5.75 Å². The maximum absolute atomic E-state index is 13.1. The Labute approximate surface area is 173 Å². The van der Waals surface area contributed by atoms with E-state index >= 15 is 0 Å². The van der Waals surface area contributed by atoms with E-state index in [2.05, 4.69) is 5.32 Å². The van der Waals surface area contributed by atoms with Gasteiger partial charge < -0.3 is 15.0 Å². The average molecular weight is 395 g/mol. The highest BCUT2D eigenvalue weighted by Gasteiger charge is 2.25. The molecule has 2 aromatic rings. The first-order chi connectivity index (χ1) is 14.1. The van der Waals surface area contributed by atoms with Gasteiger partial charge in [-0.25, -0.2) is 0 Å². The lowest BCUT2D eigenvalue weighted by molar-refractivity contribution is 0.0697. The molecule has 0 atom stereocenters. The van der Waals surface area contributed by atoms with Crippen LogP contribution in [0.2, 0.25) is 0 Å². The Bertz CT molecular complexity index is 844. The summed E-state index contributed by atoms with van der Waals surface area (Å²) in [5, 5.41) is 2.92. The number of amides is 2. The summed E-state index contributed by atoms with van der Waals surface area (Å²) in [5.74, 6) is 0.218. The smallest absolute Gasteiger partial charge is 0.259 e. The third-order valence-corrected chi connectivity index (χ3v) is 5.44. The van der Waals surface area contributed by atoms with E-state index in [-0.39, 0.29) is 17.9 Å². The van der Waals surface area contributed by atoms with Gasteiger partial charge in [-0.1, -0.05) is 50.5 Å². The predicted octanol–water partition coefficient (Wildman–Crippen LogP) is 5.13. The molecule has 0 heterocycles. The number of para-hydroxylation sites is 2. The summed E-state index contributed by atoms with van der Waals surface area (Å²) in [7, 11) is 1.87. The summed E-state index contributed by atoms with van der Waals surface area (Å²) in [6.45, 7) is 2.57. The lowest BCUT2D eigenvalue weighted by Gasteiger charge is -2.31. The third kappa shape index (κ3) is 5.17. The number of hydrogen-bond donors (Lipinski definition) is 1. The molecule has 2 aromatic carbocycles. The van der Waals surface area contributed by atoms with Crippen molar-refractivity contribution in [2.24, 2.45) is 0 Å². The fraction of sp³-hybridized carbons (Fsp3) is 0.417. The highest BCUT2D eigenvalue weighted by molar-refractivity contribution is 6.10. The molecule has 0 bridgehead atoms. The highest BCUT2D eigenvalue weighted by atomic mass is 16.5. The number of ether oxygens (including phenoxy) is 1. The zero-order valence-corrected chi connectivity index (χ0v) is 17.3. The molecule has 0 aromatic heterocycles. The Kier molecular flexibility index (Phi) is 7.28. The van der Waals surface area contributed by atoms with E-state index in [1.165, 1.54) is 6.42 Å². The fourth-order valence-corrected chi connectivity index (χ4v) is 3.78. The zero-order chi connectivity index (χ0) is 20.6. The average Bonchev–Trinajstić information content (AvgIpc) is 2.77. The van der Waals surface area contributed by atoms with E-state index in [0.717, 1.165) is 32.1 Å². The molecule has 0 spiro atoms. The van der Waals surface area contributed by atoms with Crippen LogP contribution in [0.15, 0.2) is 48.5 Å². The molecule has 1 aliphatic rings. The van der Waals surface area contributed by atoms with Crippen molar-refractivity contribution >= 4 is 17.5 Å². The van der Waals surface area contributed by atoms with Crippen molar-refractivity contribution in [2.45, 2.75) is 51.5 Å². The van der Waals surface area contributed by atoms with Crippen LogP contribution in [0.5, 0.6) is 5.75 Å². The molecule has 0 unspecified atom stereocenters. The molecular weight excluding hydrogens is 364 g/mol. The monoisotopic (exact) mass is 394 g/mol. The Morgan fingerprint density at radius 2 is 1.66 bits per heavy atom. The molecule has 154 valence electrons. The number of nitrogens with one attached hydrogen (secondary N) is 1. The predicted molar refractivity (Wildman–Crippen MR) is 116 cm³/mol. The van der Waals surface area contributed by atoms with Crippen LogP contribution >= 0.6 is 0 Å². The second-order valence-corrected chi connectivity index (χ2v) is 7.55. The maximum Gasteiger partial charge on any atom is 0.259 e. The lowest BCUT2D eigenvalue weighted by Crippen LogP contribution is -2.38. The van der Waals surface area contributed by atoms with Crippen LogP contribution in [0.25, 0.3) is 0 Å². The first-order valence-corrected chi connectivity index (χ1v) is 10.5. The Hall–Kier alpha value is -2.82. The molecule has 0 aliphatic heterocycles. The molecule has 5 heteroatoms. The van der Waals surface area contributed by atoms with Crippen LogP contribution in [0.3, 0.4) is 0 Å². The van der Waals surface area contributed by atoms with Gasteiger partial charge in [0.05, 0.1) is 23.4 Å². The van der Waals surface area contributed by atoms with E-state index in [0.29, 0.717) is 29.2 Å². The van der Waals surface area contributed by atoms with Gasteiger partial charge >= 0.3 is 0 Å². The van der Waals surface area contributed by atoms with Gasteiger partial charge in [-0.15, -0.1) is 0 Å². The number of nitrogens with zero attached hydrogens (tertiary/aromatic N) is 1. The second kappa shape index (κ2) is 10.1. The topological polar surface area (TPSA) is 58.6 Å². The zero-order valence-electron chi connectivity index (χ0n) is 17.3.